The van der Waals surface area contributed by atoms with Crippen molar-refractivity contribution in [2.75, 3.05) is 44.1 Å². The number of aromatic nitrogens is 2. The van der Waals surface area contributed by atoms with Crippen LogP contribution in [0.5, 0.6) is 0 Å². The van der Waals surface area contributed by atoms with Crippen molar-refractivity contribution in [2.24, 2.45) is 11.0 Å². The van der Waals surface area contributed by atoms with E-state index in [-0.39, 0.29) is 0 Å². The Morgan fingerprint density at radius 2 is 1.97 bits per heavy atom. The van der Waals surface area contributed by atoms with E-state index in [1.165, 1.54) is 12.1 Å². The van der Waals surface area contributed by atoms with Gasteiger partial charge < -0.3 is 10.2 Å². The predicted molar refractivity (Wildman–Crippen MR) is 132 cm³/mol. The molecule has 1 unspecified atom stereocenters. The fraction of sp³-hybridized carbons (Fsp3) is 0.385. The molecule has 178 valence electrons. The number of aryl methyl sites for hydroxylation is 1. The Bertz CT molecular complexity index is 1230. The van der Waals surface area contributed by atoms with Crippen LogP contribution in [0.15, 0.2) is 47.6 Å². The first-order chi connectivity index (χ1) is 16.4. The van der Waals surface area contributed by atoms with Gasteiger partial charge in [-0.05, 0) is 57.6 Å². The number of hydrogen-bond acceptors (Lipinski definition) is 5. The van der Waals surface area contributed by atoms with Gasteiger partial charge in [0.15, 0.2) is 0 Å². The highest BCUT2D eigenvalue weighted by atomic mass is 19.1. The van der Waals surface area contributed by atoms with Crippen molar-refractivity contribution in [3.8, 4) is 11.3 Å². The van der Waals surface area contributed by atoms with E-state index in [9.17, 15) is 8.78 Å². The normalized spacial score (nSPS) is 18.0. The van der Waals surface area contributed by atoms with E-state index in [0.29, 0.717) is 17.2 Å². The van der Waals surface area contributed by atoms with Gasteiger partial charge in [-0.3, -0.25) is 5.01 Å². The lowest BCUT2D eigenvalue weighted by Gasteiger charge is -2.29. The lowest BCUT2D eigenvalue weighted by atomic mass is 9.98. The molecular formula is C26H30F2N6. The molecule has 2 aliphatic rings. The van der Waals surface area contributed by atoms with E-state index >= 15 is 0 Å². The number of nitrogens with one attached hydrogen (secondary N) is 1. The minimum atomic E-state index is -0.617. The molecule has 0 fully saturated rings. The summed E-state index contributed by atoms with van der Waals surface area (Å²) in [6.07, 6.45) is 1.69. The number of benzene rings is 2. The van der Waals surface area contributed by atoms with E-state index in [0.717, 1.165) is 73.4 Å². The van der Waals surface area contributed by atoms with Crippen LogP contribution in [-0.4, -0.2) is 54.1 Å². The smallest absolute Gasteiger partial charge is 0.135 e. The lowest BCUT2D eigenvalue weighted by Crippen LogP contribution is -2.35. The topological polar surface area (TPSA) is 48.7 Å². The molecule has 0 amide bonds. The van der Waals surface area contributed by atoms with Gasteiger partial charge in [0.2, 0.25) is 0 Å². The maximum Gasteiger partial charge on any atom is 0.135 e. The molecule has 1 N–H and O–H groups in total. The van der Waals surface area contributed by atoms with Crippen molar-refractivity contribution in [3.05, 3.63) is 65.2 Å². The summed E-state index contributed by atoms with van der Waals surface area (Å²) >= 11 is 0. The second kappa shape index (κ2) is 9.18. The molecule has 2 aromatic carbocycles. The molecule has 0 aliphatic carbocycles. The Labute approximate surface area is 198 Å². The SMILES string of the molecule is Cc1ccccc1N1CCCC(c2c(-c3ccc(F)cc3F)nn3c2NCC(CN(C)C)C3)=N1. The number of rotatable bonds is 5. The van der Waals surface area contributed by atoms with Crippen LogP contribution in [-0.2, 0) is 6.54 Å². The minimum absolute atomic E-state index is 0.292. The van der Waals surface area contributed by atoms with Crippen LogP contribution < -0.4 is 10.3 Å². The van der Waals surface area contributed by atoms with Crippen LogP contribution in [0.2, 0.25) is 0 Å². The monoisotopic (exact) mass is 464 g/mol. The van der Waals surface area contributed by atoms with Gasteiger partial charge in [0, 0.05) is 43.7 Å². The van der Waals surface area contributed by atoms with Crippen LogP contribution in [0.1, 0.15) is 24.0 Å². The summed E-state index contributed by atoms with van der Waals surface area (Å²) in [5.74, 6) is 0.0161. The third-order valence-corrected chi connectivity index (χ3v) is 6.46. The van der Waals surface area contributed by atoms with Crippen molar-refractivity contribution in [2.45, 2.75) is 26.3 Å². The first-order valence-electron chi connectivity index (χ1n) is 11.8. The zero-order valence-corrected chi connectivity index (χ0v) is 19.9. The number of hydrazone groups is 1. The highest BCUT2D eigenvalue weighted by Gasteiger charge is 2.31. The largest absolute Gasteiger partial charge is 0.369 e. The molecule has 0 radical (unpaired) electrons. The zero-order chi connectivity index (χ0) is 23.8. The Kier molecular flexibility index (Phi) is 6.08. The number of nitrogens with zero attached hydrogens (tertiary/aromatic N) is 5. The average Bonchev–Trinajstić information content (AvgIpc) is 3.17. The fourth-order valence-corrected chi connectivity index (χ4v) is 4.95. The molecule has 3 aromatic rings. The zero-order valence-electron chi connectivity index (χ0n) is 19.9. The van der Waals surface area contributed by atoms with E-state index < -0.39 is 11.6 Å². The van der Waals surface area contributed by atoms with Gasteiger partial charge in [0.1, 0.15) is 23.1 Å². The van der Waals surface area contributed by atoms with Gasteiger partial charge in [-0.25, -0.2) is 13.5 Å². The highest BCUT2D eigenvalue weighted by Crippen LogP contribution is 2.36. The Balaban J connectivity index is 1.62. The maximum absolute atomic E-state index is 14.9. The standard InChI is InChI=1S/C26H30F2N6/c1-17-7-4-5-9-23(17)33-12-6-8-22(30-33)24-25(20-11-10-19(27)13-21(20)28)31-34-16-18(15-32(2)3)14-29-26(24)34/h4-5,7,9-11,13,18,29H,6,8,12,14-16H2,1-3H3. The molecule has 0 bridgehead atoms. The molecule has 1 aromatic heterocycles. The molecule has 2 aliphatic heterocycles. The number of fused-ring (bicyclic) bond motifs is 1. The Morgan fingerprint density at radius 1 is 1.15 bits per heavy atom. The van der Waals surface area contributed by atoms with Gasteiger partial charge in [-0.1, -0.05) is 18.2 Å². The Hall–Kier alpha value is -3.26. The molecule has 3 heterocycles. The van der Waals surface area contributed by atoms with Gasteiger partial charge in [-0.2, -0.15) is 10.2 Å². The number of para-hydroxylation sites is 1. The summed E-state index contributed by atoms with van der Waals surface area (Å²) in [4.78, 5) is 2.16. The van der Waals surface area contributed by atoms with E-state index in [1.807, 2.05) is 21.8 Å². The van der Waals surface area contributed by atoms with Crippen molar-refractivity contribution in [3.63, 3.8) is 0 Å². The highest BCUT2D eigenvalue weighted by molar-refractivity contribution is 6.10. The third-order valence-electron chi connectivity index (χ3n) is 6.46. The molecule has 0 saturated carbocycles. The molecule has 6 nitrogen and oxygen atoms in total. The summed E-state index contributed by atoms with van der Waals surface area (Å²) in [6, 6.07) is 11.9. The van der Waals surface area contributed by atoms with Crippen molar-refractivity contribution in [1.29, 1.82) is 0 Å². The van der Waals surface area contributed by atoms with E-state index in [4.69, 9.17) is 10.2 Å². The maximum atomic E-state index is 14.9. The van der Waals surface area contributed by atoms with Crippen LogP contribution in [0.25, 0.3) is 11.3 Å². The molecule has 1 atom stereocenters. The summed E-state index contributed by atoms with van der Waals surface area (Å²) in [7, 11) is 4.11. The quantitative estimate of drug-likeness (QED) is 0.592. The van der Waals surface area contributed by atoms with Crippen molar-refractivity contribution in [1.82, 2.24) is 14.7 Å². The molecule has 0 saturated heterocycles. The first kappa shape index (κ1) is 22.5. The first-order valence-corrected chi connectivity index (χ1v) is 11.8. The summed E-state index contributed by atoms with van der Waals surface area (Å²) in [5, 5.41) is 15.4. The van der Waals surface area contributed by atoms with Gasteiger partial charge in [-0.15, -0.1) is 0 Å². The predicted octanol–water partition coefficient (Wildman–Crippen LogP) is 4.74. The van der Waals surface area contributed by atoms with Crippen LogP contribution in [0.4, 0.5) is 20.3 Å². The minimum Gasteiger partial charge on any atom is -0.369 e. The van der Waals surface area contributed by atoms with E-state index in [1.54, 1.807) is 0 Å². The van der Waals surface area contributed by atoms with Gasteiger partial charge >= 0.3 is 0 Å². The summed E-state index contributed by atoms with van der Waals surface area (Å²) in [6.45, 7) is 5.34. The summed E-state index contributed by atoms with van der Waals surface area (Å²) in [5.41, 5.74) is 4.70. The van der Waals surface area contributed by atoms with Crippen molar-refractivity contribution >= 4 is 17.2 Å². The molecule has 34 heavy (non-hydrogen) atoms. The second-order valence-electron chi connectivity index (χ2n) is 9.45. The number of anilines is 2. The fourth-order valence-electron chi connectivity index (χ4n) is 4.95. The lowest BCUT2D eigenvalue weighted by molar-refractivity contribution is 0.293. The average molecular weight is 465 g/mol. The Morgan fingerprint density at radius 3 is 2.74 bits per heavy atom. The number of hydrogen-bond donors (Lipinski definition) is 1. The van der Waals surface area contributed by atoms with E-state index in [2.05, 4.69) is 43.4 Å². The van der Waals surface area contributed by atoms with Crippen LogP contribution in [0, 0.1) is 24.5 Å². The van der Waals surface area contributed by atoms with Crippen molar-refractivity contribution < 1.29 is 8.78 Å². The van der Waals surface area contributed by atoms with Crippen LogP contribution >= 0.6 is 0 Å². The molecule has 5 rings (SSSR count). The number of halogens is 2. The third kappa shape index (κ3) is 4.30. The van der Waals surface area contributed by atoms with Crippen LogP contribution in [0.3, 0.4) is 0 Å². The molecule has 0 spiro atoms. The van der Waals surface area contributed by atoms with Gasteiger partial charge in [0.25, 0.3) is 0 Å². The van der Waals surface area contributed by atoms with Gasteiger partial charge in [0.05, 0.1) is 17.0 Å². The second-order valence-corrected chi connectivity index (χ2v) is 9.45. The summed E-state index contributed by atoms with van der Waals surface area (Å²) < 4.78 is 30.5. The molecular weight excluding hydrogens is 434 g/mol. The molecule has 8 heteroatoms.